The standard InChI is InChI=1S/C11H10ClN3O2/c1-6-5-8(12)3-4-9(6)15-7(2)13-10(14-15)11(16)17/h3-5H,1-2H3,(H,16,17). The lowest BCUT2D eigenvalue weighted by Crippen LogP contribution is -2.03. The molecular weight excluding hydrogens is 242 g/mol. The van der Waals surface area contributed by atoms with Gasteiger partial charge in [-0.2, -0.15) is 0 Å². The zero-order valence-corrected chi connectivity index (χ0v) is 10.1. The molecule has 0 atom stereocenters. The summed E-state index contributed by atoms with van der Waals surface area (Å²) < 4.78 is 1.50. The van der Waals surface area contributed by atoms with E-state index in [0.29, 0.717) is 10.8 Å². The molecule has 0 aliphatic rings. The van der Waals surface area contributed by atoms with Crippen LogP contribution in [-0.4, -0.2) is 25.8 Å². The molecule has 1 aromatic carbocycles. The number of benzene rings is 1. The first-order valence-electron chi connectivity index (χ1n) is 4.92. The normalized spacial score (nSPS) is 10.5. The summed E-state index contributed by atoms with van der Waals surface area (Å²) in [6.45, 7) is 3.58. The summed E-state index contributed by atoms with van der Waals surface area (Å²) in [5.74, 6) is -0.830. The lowest BCUT2D eigenvalue weighted by atomic mass is 10.2. The fraction of sp³-hybridized carbons (Fsp3) is 0.182. The monoisotopic (exact) mass is 251 g/mol. The molecule has 5 nitrogen and oxygen atoms in total. The maximum absolute atomic E-state index is 10.8. The van der Waals surface area contributed by atoms with Crippen LogP contribution in [0.5, 0.6) is 0 Å². The Morgan fingerprint density at radius 3 is 2.65 bits per heavy atom. The van der Waals surface area contributed by atoms with Gasteiger partial charge in [0.2, 0.25) is 0 Å². The van der Waals surface area contributed by atoms with E-state index in [1.807, 2.05) is 6.92 Å². The van der Waals surface area contributed by atoms with Crippen LogP contribution >= 0.6 is 11.6 Å². The summed E-state index contributed by atoms with van der Waals surface area (Å²) in [7, 11) is 0. The predicted molar refractivity (Wildman–Crippen MR) is 62.8 cm³/mol. The summed E-state index contributed by atoms with van der Waals surface area (Å²) in [5, 5.41) is 13.4. The highest BCUT2D eigenvalue weighted by atomic mass is 35.5. The van der Waals surface area contributed by atoms with Crippen molar-refractivity contribution in [3.05, 3.63) is 40.4 Å². The highest BCUT2D eigenvalue weighted by Gasteiger charge is 2.14. The summed E-state index contributed by atoms with van der Waals surface area (Å²) in [4.78, 5) is 14.6. The number of halogens is 1. The lowest BCUT2D eigenvalue weighted by molar-refractivity contribution is 0.0683. The summed E-state index contributed by atoms with van der Waals surface area (Å²) in [6.07, 6.45) is 0. The number of aryl methyl sites for hydroxylation is 2. The smallest absolute Gasteiger partial charge is 0.375 e. The molecule has 0 bridgehead atoms. The quantitative estimate of drug-likeness (QED) is 0.889. The van der Waals surface area contributed by atoms with Gasteiger partial charge in [-0.15, -0.1) is 5.10 Å². The van der Waals surface area contributed by atoms with E-state index in [1.54, 1.807) is 25.1 Å². The Bertz CT molecular complexity index is 592. The van der Waals surface area contributed by atoms with Crippen LogP contribution in [0.3, 0.4) is 0 Å². The van der Waals surface area contributed by atoms with E-state index in [0.717, 1.165) is 11.3 Å². The van der Waals surface area contributed by atoms with Crippen molar-refractivity contribution in [1.82, 2.24) is 14.8 Å². The Kier molecular flexibility index (Phi) is 2.85. The fourth-order valence-corrected chi connectivity index (χ4v) is 1.79. The van der Waals surface area contributed by atoms with E-state index in [2.05, 4.69) is 10.1 Å². The number of hydrogen-bond acceptors (Lipinski definition) is 3. The molecule has 88 valence electrons. The SMILES string of the molecule is Cc1cc(Cl)ccc1-n1nc(C(=O)O)nc1C. The molecule has 0 aliphatic carbocycles. The minimum absolute atomic E-state index is 0.211. The van der Waals surface area contributed by atoms with Crippen molar-refractivity contribution in [3.63, 3.8) is 0 Å². The van der Waals surface area contributed by atoms with Crippen LogP contribution in [-0.2, 0) is 0 Å². The number of carboxylic acid groups (broad SMARTS) is 1. The van der Waals surface area contributed by atoms with E-state index in [9.17, 15) is 4.79 Å². The largest absolute Gasteiger partial charge is 0.475 e. The van der Waals surface area contributed by atoms with Gasteiger partial charge >= 0.3 is 5.97 Å². The lowest BCUT2D eigenvalue weighted by Gasteiger charge is -2.06. The fourth-order valence-electron chi connectivity index (χ4n) is 1.57. The average Bonchev–Trinajstić information content (AvgIpc) is 2.61. The van der Waals surface area contributed by atoms with E-state index < -0.39 is 5.97 Å². The topological polar surface area (TPSA) is 68.0 Å². The van der Waals surface area contributed by atoms with Crippen molar-refractivity contribution in [3.8, 4) is 5.69 Å². The minimum atomic E-state index is -1.14. The van der Waals surface area contributed by atoms with Gasteiger partial charge in [-0.1, -0.05) is 11.6 Å². The van der Waals surface area contributed by atoms with Crippen LogP contribution in [0.1, 0.15) is 22.0 Å². The maximum atomic E-state index is 10.8. The van der Waals surface area contributed by atoms with Crippen molar-refractivity contribution >= 4 is 17.6 Å². The second-order valence-corrected chi connectivity index (χ2v) is 4.07. The van der Waals surface area contributed by atoms with Gasteiger partial charge < -0.3 is 5.11 Å². The van der Waals surface area contributed by atoms with Gasteiger partial charge in [-0.25, -0.2) is 14.5 Å². The van der Waals surface area contributed by atoms with Crippen LogP contribution in [0.2, 0.25) is 5.02 Å². The highest BCUT2D eigenvalue weighted by molar-refractivity contribution is 6.30. The molecule has 0 fully saturated rings. The molecule has 0 spiro atoms. The Balaban J connectivity index is 2.56. The zero-order chi connectivity index (χ0) is 12.6. The maximum Gasteiger partial charge on any atom is 0.375 e. The van der Waals surface area contributed by atoms with Crippen LogP contribution in [0, 0.1) is 13.8 Å². The van der Waals surface area contributed by atoms with Gasteiger partial charge in [-0.05, 0) is 37.6 Å². The molecule has 0 unspecified atom stereocenters. The third kappa shape index (κ3) is 2.14. The molecule has 0 radical (unpaired) electrons. The van der Waals surface area contributed by atoms with Crippen molar-refractivity contribution in [1.29, 1.82) is 0 Å². The van der Waals surface area contributed by atoms with Gasteiger partial charge in [0.15, 0.2) is 0 Å². The van der Waals surface area contributed by atoms with E-state index >= 15 is 0 Å². The Labute approximate surface area is 103 Å². The third-order valence-corrected chi connectivity index (χ3v) is 2.58. The van der Waals surface area contributed by atoms with Gasteiger partial charge in [-0.3, -0.25) is 0 Å². The Morgan fingerprint density at radius 2 is 2.12 bits per heavy atom. The highest BCUT2D eigenvalue weighted by Crippen LogP contribution is 2.19. The molecule has 1 aromatic heterocycles. The number of aromatic nitrogens is 3. The molecule has 0 saturated heterocycles. The molecule has 1 N–H and O–H groups in total. The minimum Gasteiger partial charge on any atom is -0.475 e. The molecule has 0 aliphatic heterocycles. The van der Waals surface area contributed by atoms with Crippen LogP contribution < -0.4 is 0 Å². The molecule has 1 heterocycles. The van der Waals surface area contributed by atoms with Crippen molar-refractivity contribution in [2.24, 2.45) is 0 Å². The van der Waals surface area contributed by atoms with Crippen molar-refractivity contribution < 1.29 is 9.90 Å². The van der Waals surface area contributed by atoms with Crippen LogP contribution in [0.4, 0.5) is 0 Å². The van der Waals surface area contributed by atoms with Gasteiger partial charge in [0.25, 0.3) is 5.82 Å². The molecular formula is C11H10ClN3O2. The first-order valence-corrected chi connectivity index (χ1v) is 5.30. The molecule has 2 rings (SSSR count). The van der Waals surface area contributed by atoms with E-state index in [1.165, 1.54) is 4.68 Å². The van der Waals surface area contributed by atoms with E-state index in [4.69, 9.17) is 16.7 Å². The number of hydrogen-bond donors (Lipinski definition) is 1. The number of nitrogens with zero attached hydrogens (tertiary/aromatic N) is 3. The first kappa shape index (κ1) is 11.6. The Morgan fingerprint density at radius 1 is 1.41 bits per heavy atom. The van der Waals surface area contributed by atoms with Crippen molar-refractivity contribution in [2.45, 2.75) is 13.8 Å². The number of aromatic carboxylic acids is 1. The van der Waals surface area contributed by atoms with Crippen LogP contribution in [0.15, 0.2) is 18.2 Å². The molecule has 2 aromatic rings. The first-order chi connectivity index (χ1) is 7.99. The summed E-state index contributed by atoms with van der Waals surface area (Å²) in [5.41, 5.74) is 1.68. The molecule has 0 amide bonds. The Hall–Kier alpha value is -1.88. The van der Waals surface area contributed by atoms with Gasteiger partial charge in [0.1, 0.15) is 5.82 Å². The number of rotatable bonds is 2. The number of carboxylic acids is 1. The van der Waals surface area contributed by atoms with Gasteiger partial charge in [0, 0.05) is 5.02 Å². The second kappa shape index (κ2) is 4.18. The third-order valence-electron chi connectivity index (χ3n) is 2.35. The zero-order valence-electron chi connectivity index (χ0n) is 9.31. The van der Waals surface area contributed by atoms with E-state index in [-0.39, 0.29) is 5.82 Å². The molecule has 17 heavy (non-hydrogen) atoms. The van der Waals surface area contributed by atoms with Crippen molar-refractivity contribution in [2.75, 3.05) is 0 Å². The second-order valence-electron chi connectivity index (χ2n) is 3.63. The average molecular weight is 252 g/mol. The van der Waals surface area contributed by atoms with Gasteiger partial charge in [0.05, 0.1) is 5.69 Å². The number of carbonyl (C=O) groups is 1. The molecule has 6 heteroatoms. The summed E-state index contributed by atoms with van der Waals surface area (Å²) >= 11 is 5.86. The van der Waals surface area contributed by atoms with Crippen LogP contribution in [0.25, 0.3) is 5.69 Å². The molecule has 0 saturated carbocycles. The summed E-state index contributed by atoms with van der Waals surface area (Å²) in [6, 6.07) is 5.30. The predicted octanol–water partition coefficient (Wildman–Crippen LogP) is 2.24.